The molecule has 122 valence electrons. The molecule has 0 radical (unpaired) electrons. The Kier molecular flexibility index (Phi) is 4.40. The first kappa shape index (κ1) is 16.5. The maximum absolute atomic E-state index is 12.3. The monoisotopic (exact) mass is 317 g/mol. The first-order valence-corrected chi connectivity index (χ1v) is 7.01. The minimum atomic E-state index is -1.07. The van der Waals surface area contributed by atoms with Crippen molar-refractivity contribution in [3.05, 3.63) is 41.2 Å². The highest BCUT2D eigenvalue weighted by molar-refractivity contribution is 6.04. The number of carbonyl (C=O) groups excluding carboxylic acids is 1. The average Bonchev–Trinajstić information content (AvgIpc) is 2.97. The summed E-state index contributed by atoms with van der Waals surface area (Å²) >= 11 is 0. The molecule has 0 unspecified atom stereocenters. The Balaban J connectivity index is 2.23. The van der Waals surface area contributed by atoms with Crippen LogP contribution in [0.5, 0.6) is 5.75 Å². The number of nitrogens with one attached hydrogen (secondary N) is 2. The largest absolute Gasteiger partial charge is 0.495 e. The topological polar surface area (TPSA) is 104 Å². The van der Waals surface area contributed by atoms with E-state index >= 15 is 0 Å². The number of amides is 1. The summed E-state index contributed by atoms with van der Waals surface area (Å²) in [6.45, 7) is 6.03. The van der Waals surface area contributed by atoms with Gasteiger partial charge in [0.05, 0.1) is 18.4 Å². The quantitative estimate of drug-likeness (QED) is 0.804. The Morgan fingerprint density at radius 2 is 1.96 bits per heavy atom. The molecule has 1 heterocycles. The van der Waals surface area contributed by atoms with Crippen molar-refractivity contribution in [2.24, 2.45) is 0 Å². The zero-order valence-electron chi connectivity index (χ0n) is 13.4. The number of anilines is 1. The van der Waals surface area contributed by atoms with Crippen LogP contribution >= 0.6 is 0 Å². The Bertz CT molecular complexity index is 744. The van der Waals surface area contributed by atoms with Crippen LogP contribution in [-0.2, 0) is 5.41 Å². The molecule has 23 heavy (non-hydrogen) atoms. The number of nitrogens with zero attached hydrogens (tertiary/aromatic N) is 1. The summed E-state index contributed by atoms with van der Waals surface area (Å²) in [6, 6.07) is 5.92. The number of aromatic carboxylic acids is 1. The number of benzene rings is 1. The van der Waals surface area contributed by atoms with Crippen molar-refractivity contribution < 1.29 is 19.4 Å². The third-order valence-electron chi connectivity index (χ3n) is 3.32. The molecule has 2 rings (SSSR count). The van der Waals surface area contributed by atoms with Crippen molar-refractivity contribution in [1.82, 2.24) is 10.2 Å². The first-order chi connectivity index (χ1) is 10.7. The van der Waals surface area contributed by atoms with Gasteiger partial charge in [0.15, 0.2) is 5.69 Å². The fourth-order valence-corrected chi connectivity index (χ4v) is 1.94. The lowest BCUT2D eigenvalue weighted by molar-refractivity contribution is 0.0696. The summed E-state index contributed by atoms with van der Waals surface area (Å²) in [4.78, 5) is 23.2. The van der Waals surface area contributed by atoms with E-state index in [1.165, 1.54) is 25.3 Å². The molecule has 0 saturated carbocycles. The fourth-order valence-electron chi connectivity index (χ4n) is 1.94. The van der Waals surface area contributed by atoms with Crippen molar-refractivity contribution in [2.75, 3.05) is 12.4 Å². The fraction of sp³-hybridized carbons (Fsp3) is 0.312. The number of carboxylic acids is 1. The summed E-state index contributed by atoms with van der Waals surface area (Å²) in [5.41, 5.74) is 1.40. The van der Waals surface area contributed by atoms with Crippen LogP contribution in [0.3, 0.4) is 0 Å². The predicted octanol–water partition coefficient (Wildman–Crippen LogP) is 2.67. The maximum Gasteiger partial charge on any atom is 0.335 e. The maximum atomic E-state index is 12.3. The highest BCUT2D eigenvalue weighted by atomic mass is 16.5. The van der Waals surface area contributed by atoms with Gasteiger partial charge < -0.3 is 15.2 Å². The van der Waals surface area contributed by atoms with Gasteiger partial charge in [-0.3, -0.25) is 9.89 Å². The van der Waals surface area contributed by atoms with E-state index in [2.05, 4.69) is 15.5 Å². The highest BCUT2D eigenvalue weighted by Gasteiger charge is 2.20. The molecule has 0 saturated heterocycles. The Hall–Kier alpha value is -2.83. The summed E-state index contributed by atoms with van der Waals surface area (Å²) in [5.74, 6) is -1.20. The summed E-state index contributed by atoms with van der Waals surface area (Å²) in [5, 5.41) is 18.5. The number of hydrogen-bond donors (Lipinski definition) is 3. The number of carbonyl (C=O) groups is 2. The van der Waals surface area contributed by atoms with Gasteiger partial charge in [-0.15, -0.1) is 0 Å². The lowest BCUT2D eigenvalue weighted by Crippen LogP contribution is -2.14. The third kappa shape index (κ3) is 3.68. The number of hydrogen-bond acceptors (Lipinski definition) is 4. The number of carboxylic acid groups (broad SMARTS) is 1. The number of ether oxygens (including phenoxy) is 1. The van der Waals surface area contributed by atoms with Crippen molar-refractivity contribution in [3.63, 3.8) is 0 Å². The van der Waals surface area contributed by atoms with E-state index in [1.807, 2.05) is 20.8 Å². The Morgan fingerprint density at radius 1 is 1.26 bits per heavy atom. The molecule has 1 amide bonds. The number of aromatic nitrogens is 2. The van der Waals surface area contributed by atoms with Crippen molar-refractivity contribution in [3.8, 4) is 5.75 Å². The van der Waals surface area contributed by atoms with Gasteiger partial charge >= 0.3 is 5.97 Å². The standard InChI is InChI=1S/C16H19N3O4/c1-16(2,3)13-8-11(18-19-13)14(20)17-10-6-5-9(15(21)22)7-12(10)23-4/h5-8H,1-4H3,(H,17,20)(H,18,19)(H,21,22). The number of H-pyrrole nitrogens is 1. The van der Waals surface area contributed by atoms with Crippen molar-refractivity contribution in [2.45, 2.75) is 26.2 Å². The van der Waals surface area contributed by atoms with Crippen LogP contribution in [0.4, 0.5) is 5.69 Å². The van der Waals surface area contributed by atoms with Crippen LogP contribution in [0.2, 0.25) is 0 Å². The van der Waals surface area contributed by atoms with Crippen LogP contribution in [0.1, 0.15) is 47.3 Å². The van der Waals surface area contributed by atoms with Gasteiger partial charge in [-0.2, -0.15) is 5.10 Å². The molecule has 3 N–H and O–H groups in total. The van der Waals surface area contributed by atoms with Gasteiger partial charge in [-0.25, -0.2) is 4.79 Å². The van der Waals surface area contributed by atoms with Gasteiger partial charge in [0.2, 0.25) is 0 Å². The van der Waals surface area contributed by atoms with E-state index in [9.17, 15) is 9.59 Å². The molecule has 0 fully saturated rings. The second-order valence-electron chi connectivity index (χ2n) is 6.09. The van der Waals surface area contributed by atoms with Crippen LogP contribution < -0.4 is 10.1 Å². The normalized spacial score (nSPS) is 11.1. The Morgan fingerprint density at radius 3 is 2.48 bits per heavy atom. The number of aromatic amines is 1. The van der Waals surface area contributed by atoms with E-state index < -0.39 is 11.9 Å². The third-order valence-corrected chi connectivity index (χ3v) is 3.32. The minimum Gasteiger partial charge on any atom is -0.495 e. The molecule has 0 atom stereocenters. The smallest absolute Gasteiger partial charge is 0.335 e. The molecule has 0 aliphatic rings. The van der Waals surface area contributed by atoms with E-state index in [4.69, 9.17) is 9.84 Å². The lowest BCUT2D eigenvalue weighted by Gasteiger charge is -2.14. The molecule has 1 aromatic heterocycles. The molecule has 7 nitrogen and oxygen atoms in total. The molecule has 0 bridgehead atoms. The van der Waals surface area contributed by atoms with Crippen LogP contribution in [-0.4, -0.2) is 34.3 Å². The zero-order valence-corrected chi connectivity index (χ0v) is 13.4. The minimum absolute atomic E-state index is 0.0784. The summed E-state index contributed by atoms with van der Waals surface area (Å²) in [6.07, 6.45) is 0. The van der Waals surface area contributed by atoms with Gasteiger partial charge in [0, 0.05) is 11.1 Å². The molecular weight excluding hydrogens is 298 g/mol. The van der Waals surface area contributed by atoms with E-state index in [0.29, 0.717) is 5.69 Å². The van der Waals surface area contributed by atoms with Gasteiger partial charge in [0.1, 0.15) is 5.75 Å². The average molecular weight is 317 g/mol. The molecule has 2 aromatic rings. The summed E-state index contributed by atoms with van der Waals surface area (Å²) in [7, 11) is 1.41. The first-order valence-electron chi connectivity index (χ1n) is 7.01. The van der Waals surface area contributed by atoms with Crippen LogP contribution in [0, 0.1) is 0 Å². The number of rotatable bonds is 4. The van der Waals surface area contributed by atoms with Gasteiger partial charge in [-0.05, 0) is 24.3 Å². The van der Waals surface area contributed by atoms with E-state index in [1.54, 1.807) is 6.07 Å². The summed E-state index contributed by atoms with van der Waals surface area (Å²) < 4.78 is 5.13. The molecule has 0 aliphatic heterocycles. The SMILES string of the molecule is COc1cc(C(=O)O)ccc1NC(=O)c1cc(C(C)(C)C)[nH]n1. The molecular formula is C16H19N3O4. The predicted molar refractivity (Wildman–Crippen MR) is 85.2 cm³/mol. The van der Waals surface area contributed by atoms with Gasteiger partial charge in [0.25, 0.3) is 5.91 Å². The molecule has 1 aromatic carbocycles. The van der Waals surface area contributed by atoms with Crippen molar-refractivity contribution >= 4 is 17.6 Å². The van der Waals surface area contributed by atoms with E-state index in [-0.39, 0.29) is 22.4 Å². The molecule has 0 aliphatic carbocycles. The highest BCUT2D eigenvalue weighted by Crippen LogP contribution is 2.26. The van der Waals surface area contributed by atoms with Crippen LogP contribution in [0.25, 0.3) is 0 Å². The lowest BCUT2D eigenvalue weighted by atomic mass is 9.92. The molecule has 0 spiro atoms. The second-order valence-corrected chi connectivity index (χ2v) is 6.09. The zero-order chi connectivity index (χ0) is 17.2. The van der Waals surface area contributed by atoms with Crippen LogP contribution in [0.15, 0.2) is 24.3 Å². The van der Waals surface area contributed by atoms with Gasteiger partial charge in [-0.1, -0.05) is 20.8 Å². The number of methoxy groups -OCH3 is 1. The Labute approximate surface area is 133 Å². The van der Waals surface area contributed by atoms with E-state index in [0.717, 1.165) is 5.69 Å². The molecule has 7 heteroatoms. The van der Waals surface area contributed by atoms with Crippen molar-refractivity contribution in [1.29, 1.82) is 0 Å². The second kappa shape index (κ2) is 6.12.